The molecule has 204 valence electrons. The zero-order valence-electron chi connectivity index (χ0n) is 20.6. The fourth-order valence-electron chi connectivity index (χ4n) is 4.51. The van der Waals surface area contributed by atoms with Crippen LogP contribution in [0.25, 0.3) is 11.0 Å². The molecule has 1 aliphatic heterocycles. The van der Waals surface area contributed by atoms with Gasteiger partial charge in [0.2, 0.25) is 11.0 Å². The molecule has 0 saturated carbocycles. The number of halogens is 3. The first-order valence-electron chi connectivity index (χ1n) is 12.2. The molecule has 12 heteroatoms. The molecule has 2 aromatic carbocycles. The van der Waals surface area contributed by atoms with E-state index < -0.39 is 33.7 Å². The zero-order chi connectivity index (χ0) is 27.6. The Morgan fingerprint density at radius 2 is 1.79 bits per heavy atom. The minimum atomic E-state index is -4.45. The van der Waals surface area contributed by atoms with E-state index in [2.05, 4.69) is 15.6 Å². The maximum atomic E-state index is 13.3. The highest BCUT2D eigenvalue weighted by molar-refractivity contribution is 7.89. The molecule has 1 fully saturated rings. The molecule has 2 N–H and O–H groups in total. The maximum absolute atomic E-state index is 13.3. The van der Waals surface area contributed by atoms with Crippen LogP contribution in [0.1, 0.15) is 29.5 Å². The summed E-state index contributed by atoms with van der Waals surface area (Å²) < 4.78 is 71.5. The van der Waals surface area contributed by atoms with Crippen molar-refractivity contribution in [3.63, 3.8) is 0 Å². The van der Waals surface area contributed by atoms with Gasteiger partial charge >= 0.3 is 6.18 Å². The molecular formula is C27H25F3N4O4S. The van der Waals surface area contributed by atoms with Crippen molar-refractivity contribution in [2.24, 2.45) is 0 Å². The quantitative estimate of drug-likeness (QED) is 0.318. The number of rotatable bonds is 8. The highest BCUT2D eigenvalue weighted by Crippen LogP contribution is 2.31. The molecule has 1 amide bonds. The van der Waals surface area contributed by atoms with E-state index in [1.54, 1.807) is 30.3 Å². The number of nitrogens with zero attached hydrogens (tertiary/aromatic N) is 2. The lowest BCUT2D eigenvalue weighted by Crippen LogP contribution is -2.45. The fourth-order valence-corrected chi connectivity index (χ4v) is 6.11. The lowest BCUT2D eigenvalue weighted by atomic mass is 10.1. The molecule has 0 aliphatic carbocycles. The molecule has 39 heavy (non-hydrogen) atoms. The Balaban J connectivity index is 1.20. The Morgan fingerprint density at radius 1 is 1.03 bits per heavy atom. The van der Waals surface area contributed by atoms with Gasteiger partial charge in [0.15, 0.2) is 0 Å². The number of alkyl halides is 3. The predicted molar refractivity (Wildman–Crippen MR) is 138 cm³/mol. The standard InChI is InChI=1S/C27H25F3N4O4S/c28-27(29,30)21-10-11-24(32-17-21)31-15-18-5-3-6-19(13-18)16-33-26(35)22-8-4-12-34(22)39(36,37)25-14-20-7-1-2-9-23(20)38-25/h1-3,5-7,9-11,13-14,17,22H,4,8,12,15-16H2,(H,31,32)(H,33,35)/t22-/m0/s1. The smallest absolute Gasteiger partial charge is 0.417 e. The topological polar surface area (TPSA) is 105 Å². The number of aromatic nitrogens is 1. The second kappa shape index (κ2) is 10.7. The molecule has 1 aliphatic rings. The first-order valence-corrected chi connectivity index (χ1v) is 13.7. The van der Waals surface area contributed by atoms with Crippen molar-refractivity contribution < 1.29 is 30.8 Å². The number of carbonyl (C=O) groups is 1. The number of para-hydroxylation sites is 1. The number of amides is 1. The molecule has 4 aromatic rings. The monoisotopic (exact) mass is 558 g/mol. The largest absolute Gasteiger partial charge is 0.443 e. The van der Waals surface area contributed by atoms with E-state index in [0.29, 0.717) is 36.2 Å². The first kappa shape index (κ1) is 26.7. The van der Waals surface area contributed by atoms with Gasteiger partial charge in [-0.2, -0.15) is 17.5 Å². The number of sulfonamides is 1. The van der Waals surface area contributed by atoms with Crippen LogP contribution in [0, 0.1) is 0 Å². The van der Waals surface area contributed by atoms with Crippen LogP contribution in [-0.4, -0.2) is 36.2 Å². The van der Waals surface area contributed by atoms with E-state index in [9.17, 15) is 26.4 Å². The van der Waals surface area contributed by atoms with Crippen molar-refractivity contribution in [2.75, 3.05) is 11.9 Å². The molecule has 0 spiro atoms. The van der Waals surface area contributed by atoms with Crippen molar-refractivity contribution in [3.8, 4) is 0 Å². The van der Waals surface area contributed by atoms with Gasteiger partial charge in [0.1, 0.15) is 17.4 Å². The van der Waals surface area contributed by atoms with Gasteiger partial charge in [-0.05, 0) is 42.2 Å². The Bertz CT molecular complexity index is 1550. The molecule has 0 radical (unpaired) electrons. The summed E-state index contributed by atoms with van der Waals surface area (Å²) >= 11 is 0. The van der Waals surface area contributed by atoms with Crippen LogP contribution in [0.4, 0.5) is 19.0 Å². The fraction of sp³-hybridized carbons (Fsp3) is 0.259. The van der Waals surface area contributed by atoms with E-state index in [-0.39, 0.29) is 18.2 Å². The summed E-state index contributed by atoms with van der Waals surface area (Å²) in [4.78, 5) is 16.8. The van der Waals surface area contributed by atoms with Gasteiger partial charge < -0.3 is 15.1 Å². The van der Waals surface area contributed by atoms with E-state index in [4.69, 9.17) is 4.42 Å². The third-order valence-corrected chi connectivity index (χ3v) is 8.26. The number of hydrogen-bond donors (Lipinski definition) is 2. The number of pyridine rings is 1. The molecular weight excluding hydrogens is 533 g/mol. The molecule has 5 rings (SSSR count). The number of hydrogen-bond acceptors (Lipinski definition) is 6. The summed E-state index contributed by atoms with van der Waals surface area (Å²) in [6.07, 6.45) is -2.72. The number of fused-ring (bicyclic) bond motifs is 1. The van der Waals surface area contributed by atoms with Crippen LogP contribution < -0.4 is 10.6 Å². The van der Waals surface area contributed by atoms with E-state index >= 15 is 0 Å². The first-order chi connectivity index (χ1) is 18.6. The number of carbonyl (C=O) groups excluding carboxylic acids is 1. The molecule has 8 nitrogen and oxygen atoms in total. The lowest BCUT2D eigenvalue weighted by molar-refractivity contribution is -0.137. The van der Waals surface area contributed by atoms with Crippen LogP contribution in [0.5, 0.6) is 0 Å². The molecule has 0 bridgehead atoms. The molecule has 0 unspecified atom stereocenters. The van der Waals surface area contributed by atoms with Gasteiger partial charge in [0.05, 0.1) is 5.56 Å². The number of furan rings is 1. The van der Waals surface area contributed by atoms with E-state index in [1.165, 1.54) is 16.4 Å². The van der Waals surface area contributed by atoms with Crippen LogP contribution in [-0.2, 0) is 34.1 Å². The van der Waals surface area contributed by atoms with Gasteiger partial charge in [-0.15, -0.1) is 0 Å². The van der Waals surface area contributed by atoms with Crippen LogP contribution >= 0.6 is 0 Å². The maximum Gasteiger partial charge on any atom is 0.417 e. The average molecular weight is 559 g/mol. The summed E-state index contributed by atoms with van der Waals surface area (Å²) in [7, 11) is -4.00. The van der Waals surface area contributed by atoms with Crippen LogP contribution in [0.15, 0.2) is 82.4 Å². The van der Waals surface area contributed by atoms with Gasteiger partial charge in [-0.1, -0.05) is 42.5 Å². The summed E-state index contributed by atoms with van der Waals surface area (Å²) in [6, 6.07) is 17.1. The van der Waals surface area contributed by atoms with Gasteiger partial charge in [0, 0.05) is 37.3 Å². The number of benzene rings is 2. The number of anilines is 1. The Labute approximate surface area is 222 Å². The van der Waals surface area contributed by atoms with Crippen LogP contribution in [0.2, 0.25) is 0 Å². The second-order valence-corrected chi connectivity index (χ2v) is 11.0. The number of nitrogens with one attached hydrogen (secondary N) is 2. The normalized spacial score (nSPS) is 16.4. The second-order valence-electron chi connectivity index (χ2n) is 9.20. The van der Waals surface area contributed by atoms with Crippen molar-refractivity contribution in [2.45, 2.75) is 43.2 Å². The third kappa shape index (κ3) is 5.91. The highest BCUT2D eigenvalue weighted by Gasteiger charge is 2.41. The zero-order valence-corrected chi connectivity index (χ0v) is 21.4. The van der Waals surface area contributed by atoms with Crippen molar-refractivity contribution >= 4 is 32.7 Å². The van der Waals surface area contributed by atoms with Crippen molar-refractivity contribution in [1.29, 1.82) is 0 Å². The minimum absolute atomic E-state index is 0.181. The third-order valence-electron chi connectivity index (χ3n) is 6.49. The minimum Gasteiger partial charge on any atom is -0.443 e. The molecule has 1 atom stereocenters. The Morgan fingerprint density at radius 3 is 2.51 bits per heavy atom. The SMILES string of the molecule is O=C(NCc1cccc(CNc2ccc(C(F)(F)F)cn2)c1)[C@@H]1CCCN1S(=O)(=O)c1cc2ccccc2o1. The Kier molecular flexibility index (Phi) is 7.32. The molecule has 1 saturated heterocycles. The van der Waals surface area contributed by atoms with E-state index in [1.807, 2.05) is 18.2 Å². The average Bonchev–Trinajstić information content (AvgIpc) is 3.59. The van der Waals surface area contributed by atoms with E-state index in [0.717, 1.165) is 23.4 Å². The summed E-state index contributed by atoms with van der Waals surface area (Å²) in [5.41, 5.74) is 1.25. The predicted octanol–water partition coefficient (Wildman–Crippen LogP) is 4.93. The lowest BCUT2D eigenvalue weighted by Gasteiger charge is -2.22. The summed E-state index contributed by atoms with van der Waals surface area (Å²) in [6.45, 7) is 0.711. The van der Waals surface area contributed by atoms with Crippen LogP contribution in [0.3, 0.4) is 0 Å². The van der Waals surface area contributed by atoms with Crippen molar-refractivity contribution in [3.05, 3.63) is 89.6 Å². The molecule has 2 aromatic heterocycles. The van der Waals surface area contributed by atoms with Crippen molar-refractivity contribution in [1.82, 2.24) is 14.6 Å². The van der Waals surface area contributed by atoms with Gasteiger partial charge in [-0.3, -0.25) is 4.79 Å². The van der Waals surface area contributed by atoms with Gasteiger partial charge in [0.25, 0.3) is 10.0 Å². The molecule has 3 heterocycles. The Hall–Kier alpha value is -3.90. The van der Waals surface area contributed by atoms with Gasteiger partial charge in [-0.25, -0.2) is 13.4 Å². The summed E-state index contributed by atoms with van der Waals surface area (Å²) in [5, 5.41) is 6.28. The highest BCUT2D eigenvalue weighted by atomic mass is 32.2. The summed E-state index contributed by atoms with van der Waals surface area (Å²) in [5.74, 6) is -0.0987.